The number of amides is 1. The maximum Gasteiger partial charge on any atom is 0.355 e. The Morgan fingerprint density at radius 2 is 1.82 bits per heavy atom. The highest BCUT2D eigenvalue weighted by Crippen LogP contribution is 2.52. The molecule has 2 aliphatic rings. The summed E-state index contributed by atoms with van der Waals surface area (Å²) in [5.74, 6) is -1.76. The molecule has 4 heterocycles. The number of aliphatic hydroxyl groups excluding tert-OH is 1. The molecule has 10 nitrogen and oxygen atoms in total. The number of aromatic nitrogens is 2. The lowest BCUT2D eigenvalue weighted by molar-refractivity contribution is -0.721. The van der Waals surface area contributed by atoms with Gasteiger partial charge in [-0.2, -0.15) is 4.40 Å². The monoisotopic (exact) mass is 776 g/mol. The number of hydrogen-bond donors (Lipinski definition) is 1. The Kier molecular flexibility index (Phi) is 9.90. The molecule has 45 heavy (non-hydrogen) atoms. The number of non-ortho nitro benzene ring substituents is 1. The Bertz CT molecular complexity index is 1800. The van der Waals surface area contributed by atoms with Crippen LogP contribution in [0.3, 0.4) is 0 Å². The van der Waals surface area contributed by atoms with Crippen LogP contribution in [0.5, 0.6) is 0 Å². The van der Waals surface area contributed by atoms with Crippen molar-refractivity contribution in [3.8, 4) is 0 Å². The van der Waals surface area contributed by atoms with Gasteiger partial charge in [0, 0.05) is 29.0 Å². The zero-order valence-electron chi connectivity index (χ0n) is 24.6. The normalized spacial score (nSPS) is 19.7. The van der Waals surface area contributed by atoms with E-state index in [4.69, 9.17) is 4.74 Å². The summed E-state index contributed by atoms with van der Waals surface area (Å²) >= 11 is 6.70. The van der Waals surface area contributed by atoms with Crippen molar-refractivity contribution in [2.75, 3.05) is 6.26 Å². The van der Waals surface area contributed by atoms with E-state index in [1.54, 1.807) is 30.0 Å². The second-order valence-electron chi connectivity index (χ2n) is 11.0. The van der Waals surface area contributed by atoms with Gasteiger partial charge in [-0.25, -0.2) is 9.36 Å². The Morgan fingerprint density at radius 1 is 1.18 bits per heavy atom. The molecule has 1 fully saturated rings. The van der Waals surface area contributed by atoms with Crippen LogP contribution < -0.4 is 21.5 Å². The van der Waals surface area contributed by atoms with Gasteiger partial charge in [0.05, 0.1) is 27.9 Å². The fourth-order valence-electron chi connectivity index (χ4n) is 6.12. The highest BCUT2D eigenvalue weighted by molar-refractivity contribution is 9.08. The van der Waals surface area contributed by atoms with Gasteiger partial charge in [-0.3, -0.25) is 14.9 Å². The van der Waals surface area contributed by atoms with Crippen LogP contribution >= 0.6 is 39.0 Å². The number of thioether (sulfide) groups is 1. The van der Waals surface area contributed by atoms with Gasteiger partial charge in [-0.1, -0.05) is 70.2 Å². The van der Waals surface area contributed by atoms with Crippen LogP contribution in [-0.2, 0) is 32.8 Å². The molecular formula is C31H30Br2N4O6S2. The number of carbonyl (C=O) groups is 2. The topological polar surface area (TPSA) is 118 Å². The minimum absolute atomic E-state index is 0. The number of alkyl halides is 1. The van der Waals surface area contributed by atoms with Crippen LogP contribution in [0.25, 0.3) is 10.4 Å². The molecule has 14 heteroatoms. The summed E-state index contributed by atoms with van der Waals surface area (Å²) < 4.78 is 9.94. The summed E-state index contributed by atoms with van der Waals surface area (Å²) in [6, 6.07) is 13.9. The average Bonchev–Trinajstić information content (AvgIpc) is 3.63. The van der Waals surface area contributed by atoms with Crippen molar-refractivity contribution in [2.45, 2.75) is 49.5 Å². The molecule has 1 saturated heterocycles. The molecule has 0 spiro atoms. The van der Waals surface area contributed by atoms with Gasteiger partial charge in [-0.05, 0) is 42.0 Å². The van der Waals surface area contributed by atoms with E-state index in [-0.39, 0.29) is 52.8 Å². The summed E-state index contributed by atoms with van der Waals surface area (Å²) in [6.07, 6.45) is 5.22. The van der Waals surface area contributed by atoms with Crippen LogP contribution in [0, 0.1) is 22.0 Å². The highest BCUT2D eigenvalue weighted by Gasteiger charge is 2.60. The lowest BCUT2D eigenvalue weighted by Crippen LogP contribution is -3.00. The van der Waals surface area contributed by atoms with Crippen LogP contribution in [0.2, 0.25) is 0 Å². The number of nitrogens with zero attached hydrogens (tertiary/aromatic N) is 4. The Morgan fingerprint density at radius 3 is 2.42 bits per heavy atom. The number of fused-ring (bicyclic) bond motifs is 2. The van der Waals surface area contributed by atoms with Gasteiger partial charge in [0.2, 0.25) is 15.8 Å². The van der Waals surface area contributed by atoms with E-state index in [1.165, 1.54) is 40.3 Å². The van der Waals surface area contributed by atoms with E-state index < -0.39 is 22.9 Å². The third-order valence-electron chi connectivity index (χ3n) is 8.28. The molecule has 236 valence electrons. The summed E-state index contributed by atoms with van der Waals surface area (Å²) in [6.45, 7) is 4.19. The van der Waals surface area contributed by atoms with Gasteiger partial charge in [0.1, 0.15) is 25.0 Å². The third kappa shape index (κ3) is 5.98. The maximum absolute atomic E-state index is 13.7. The number of rotatable bonds is 10. The molecule has 4 aromatic rings. The molecule has 0 radical (unpaired) electrons. The molecule has 0 aliphatic carbocycles. The van der Waals surface area contributed by atoms with Gasteiger partial charge in [0.25, 0.3) is 12.0 Å². The minimum atomic E-state index is -0.854. The van der Waals surface area contributed by atoms with E-state index >= 15 is 0 Å². The number of aliphatic hydroxyl groups is 1. The first kappa shape index (κ1) is 33.3. The average molecular weight is 779 g/mol. The molecule has 2 aromatic carbocycles. The van der Waals surface area contributed by atoms with Crippen molar-refractivity contribution >= 4 is 67.0 Å². The number of benzene rings is 2. The second-order valence-corrected chi connectivity index (χ2v) is 13.4. The van der Waals surface area contributed by atoms with Crippen LogP contribution in [0.15, 0.2) is 71.8 Å². The number of β-lactam (4-membered cyclic amide) rings is 1. The number of carbonyl (C=O) groups excluding carboxylic acids is 2. The molecule has 0 unspecified atom stereocenters. The van der Waals surface area contributed by atoms with Crippen LogP contribution in [0.4, 0.5) is 5.69 Å². The van der Waals surface area contributed by atoms with Crippen molar-refractivity contribution in [3.05, 3.63) is 98.4 Å². The van der Waals surface area contributed by atoms with Crippen molar-refractivity contribution in [2.24, 2.45) is 11.8 Å². The number of esters is 1. The van der Waals surface area contributed by atoms with Gasteiger partial charge in [-0.15, -0.1) is 0 Å². The van der Waals surface area contributed by atoms with E-state index in [1.807, 2.05) is 25.7 Å². The Balaban J connectivity index is 0.00000400. The first-order valence-corrected chi connectivity index (χ1v) is 17.2. The zero-order valence-corrected chi connectivity index (χ0v) is 29.4. The Labute approximate surface area is 286 Å². The zero-order chi connectivity index (χ0) is 31.3. The highest BCUT2D eigenvalue weighted by atomic mass is 79.9. The lowest BCUT2D eigenvalue weighted by Gasteiger charge is -2.46. The number of ether oxygens (including phenoxy) is 1. The van der Waals surface area contributed by atoms with Crippen molar-refractivity contribution in [1.29, 1.82) is 0 Å². The molecular weight excluding hydrogens is 748 g/mol. The van der Waals surface area contributed by atoms with Crippen LogP contribution in [0.1, 0.15) is 35.4 Å². The first-order chi connectivity index (χ1) is 21.1. The van der Waals surface area contributed by atoms with Gasteiger partial charge < -0.3 is 31.7 Å². The van der Waals surface area contributed by atoms with Gasteiger partial charge in [0.15, 0.2) is 0 Å². The number of thiazole rings is 1. The molecule has 0 bridgehead atoms. The number of imidazole rings is 1. The number of halogens is 2. The molecule has 0 saturated carbocycles. The maximum atomic E-state index is 13.7. The molecule has 1 N–H and O–H groups in total. The predicted molar refractivity (Wildman–Crippen MR) is 170 cm³/mol. The predicted octanol–water partition coefficient (Wildman–Crippen LogP) is 2.18. The molecule has 4 atom stereocenters. The Hall–Kier alpha value is -3.04. The quantitative estimate of drug-likeness (QED) is 0.0500. The summed E-state index contributed by atoms with van der Waals surface area (Å²) in [5.41, 5.74) is 3.85. The van der Waals surface area contributed by atoms with Crippen molar-refractivity contribution < 1.29 is 45.9 Å². The molecule has 2 aliphatic heterocycles. The van der Waals surface area contributed by atoms with E-state index in [0.717, 1.165) is 25.6 Å². The lowest BCUT2D eigenvalue weighted by atomic mass is 9.77. The van der Waals surface area contributed by atoms with Crippen molar-refractivity contribution in [3.63, 3.8) is 0 Å². The van der Waals surface area contributed by atoms with E-state index in [9.17, 15) is 24.8 Å². The fraction of sp³-hybridized carbons (Fsp3) is 0.323. The first-order valence-electron chi connectivity index (χ1n) is 14.0. The summed E-state index contributed by atoms with van der Waals surface area (Å²) in [7, 11) is 0. The SMILES string of the molecule is CSc1c2sc(C3=C(C(=O)OCc4ccc([N+](=O)[O-])cc4)N4C(=O)[C@H]([C@@H](C)O)[C@H]4[C@H]3C)cn2c[n+]1Cc1ccc(CBr)cc1.[Br-]. The summed E-state index contributed by atoms with van der Waals surface area (Å²) in [4.78, 5) is 40.7. The van der Waals surface area contributed by atoms with Crippen molar-refractivity contribution in [1.82, 2.24) is 9.30 Å². The standard InChI is InChI=1S/C31H30BrN4O6S2.BrH/c1-17-24(23-14-34-16-33(29(43-3)30(34)44-23)13-20-6-4-19(12-32)5-7-20)27(35-26(17)25(18(2)37)28(35)38)31(39)42-15-21-8-10-22(11-9-21)36(40)41;/h4-11,14,16-18,25-26,37H,12-13,15H2,1-3H3;1H/q+1;/p-1/t17-,18+,25+,26+;/m0./s1. The summed E-state index contributed by atoms with van der Waals surface area (Å²) in [5, 5.41) is 23.3. The van der Waals surface area contributed by atoms with E-state index in [2.05, 4.69) is 49.2 Å². The number of hydrogen-bond acceptors (Lipinski definition) is 8. The number of nitro groups is 1. The fourth-order valence-corrected chi connectivity index (χ4v) is 8.67. The number of nitro benzene ring substituents is 1. The smallest absolute Gasteiger partial charge is 0.355 e. The van der Waals surface area contributed by atoms with E-state index in [0.29, 0.717) is 12.1 Å². The molecule has 1 amide bonds. The van der Waals surface area contributed by atoms with Crippen LogP contribution in [-0.4, -0.2) is 49.6 Å². The second kappa shape index (κ2) is 13.4. The molecule has 6 rings (SSSR count). The molecule has 2 aromatic heterocycles. The van der Waals surface area contributed by atoms with Gasteiger partial charge >= 0.3 is 5.97 Å². The largest absolute Gasteiger partial charge is 1.00 e. The third-order valence-corrected chi connectivity index (χ3v) is 11.0. The minimum Gasteiger partial charge on any atom is -1.00 e.